The molecular formula is C25H29N. The van der Waals surface area contributed by atoms with Crippen molar-refractivity contribution in [2.45, 2.75) is 40.9 Å². The summed E-state index contributed by atoms with van der Waals surface area (Å²) in [5.41, 5.74) is 3.50. The molecule has 134 valence electrons. The van der Waals surface area contributed by atoms with Gasteiger partial charge in [-0.3, -0.25) is 4.58 Å². The molecule has 0 saturated carbocycles. The summed E-state index contributed by atoms with van der Waals surface area (Å²) in [5.74, 6) is 0. The van der Waals surface area contributed by atoms with Crippen LogP contribution in [0.3, 0.4) is 0 Å². The zero-order valence-corrected chi connectivity index (χ0v) is 15.9. The monoisotopic (exact) mass is 348 g/mol. The van der Waals surface area contributed by atoms with Crippen LogP contribution >= 0.6 is 0 Å². The van der Waals surface area contributed by atoms with Gasteiger partial charge in [0.05, 0.1) is 6.72 Å². The van der Waals surface area contributed by atoms with Crippen LogP contribution in [0, 0.1) is 25.2 Å². The molecule has 0 atom stereocenters. The summed E-state index contributed by atoms with van der Waals surface area (Å²) in [4.78, 5) is 0. The van der Waals surface area contributed by atoms with Crippen LogP contribution in [0.1, 0.15) is 50.7 Å². The van der Waals surface area contributed by atoms with Crippen molar-refractivity contribution in [2.75, 3.05) is 0 Å². The Morgan fingerprint density at radius 3 is 2.50 bits per heavy atom. The van der Waals surface area contributed by atoms with E-state index in [4.69, 9.17) is 6.85 Å². The maximum Gasteiger partial charge on any atom is 0.147 e. The number of hydrogen-bond donors (Lipinski definition) is 0. The Labute approximate surface area is 165 Å². The number of rotatable bonds is 3. The Hall–Kier alpha value is -2.54. The van der Waals surface area contributed by atoms with E-state index in [9.17, 15) is 0 Å². The number of hydrogen-bond acceptors (Lipinski definition) is 0. The highest BCUT2D eigenvalue weighted by Crippen LogP contribution is 2.34. The molecule has 0 amide bonds. The van der Waals surface area contributed by atoms with E-state index in [-0.39, 0.29) is 0 Å². The van der Waals surface area contributed by atoms with Gasteiger partial charge in [0.15, 0.2) is 0 Å². The van der Waals surface area contributed by atoms with E-state index in [2.05, 4.69) is 6.72 Å². The van der Waals surface area contributed by atoms with E-state index >= 15 is 0 Å². The van der Waals surface area contributed by atoms with Gasteiger partial charge in [0, 0.05) is 6.85 Å². The second kappa shape index (κ2) is 6.99. The van der Waals surface area contributed by atoms with E-state index < -0.39 is 18.6 Å². The molecule has 1 aliphatic heterocycles. The molecule has 0 aromatic heterocycles. The van der Waals surface area contributed by atoms with Crippen molar-refractivity contribution in [1.82, 2.24) is 0 Å². The Kier molecular flexibility index (Phi) is 3.43. The smallest absolute Gasteiger partial charge is 0.147 e. The maximum absolute atomic E-state index is 8.54. The zero-order chi connectivity index (χ0) is 23.2. The van der Waals surface area contributed by atoms with Gasteiger partial charge in [-0.25, -0.2) is 0 Å². The summed E-state index contributed by atoms with van der Waals surface area (Å²) in [6.45, 7) is 9.38. The third-order valence-electron chi connectivity index (χ3n) is 4.27. The van der Waals surface area contributed by atoms with E-state index in [0.717, 1.165) is 22.7 Å². The van der Waals surface area contributed by atoms with Gasteiger partial charge in [-0.15, -0.1) is 0 Å². The van der Waals surface area contributed by atoms with Gasteiger partial charge in [0.25, 0.3) is 0 Å². The first-order valence-electron chi connectivity index (χ1n) is 11.3. The molecule has 0 spiro atoms. The summed E-state index contributed by atoms with van der Waals surface area (Å²) in [6.07, 6.45) is 3.85. The molecule has 2 aromatic carbocycles. The molecule has 0 aliphatic carbocycles. The number of aryl methyl sites for hydroxylation is 2. The zero-order valence-electron chi connectivity index (χ0n) is 20.9. The van der Waals surface area contributed by atoms with Crippen molar-refractivity contribution in [2.24, 2.45) is 5.41 Å². The summed E-state index contributed by atoms with van der Waals surface area (Å²) < 4.78 is 42.8. The highest BCUT2D eigenvalue weighted by atomic mass is 15.0. The topological polar surface area (TPSA) is 3.01 Å². The third kappa shape index (κ3) is 3.99. The predicted octanol–water partition coefficient (Wildman–Crippen LogP) is 6.45. The average molecular weight is 349 g/mol. The molecule has 0 bridgehead atoms. The minimum Gasteiger partial charge on any atom is -0.255 e. The molecule has 0 N–H and O–H groups in total. The van der Waals surface area contributed by atoms with Crippen molar-refractivity contribution < 1.29 is 11.4 Å². The SMILES string of the molecule is [2H]C([2H])([2H])c1cc(C)c([C-]2C=CC(C([2H])([2H])C(C)(C)C)=C[N+]2=C)cc1-c1ccccc1. The number of nitrogens with zero attached hydrogens (tertiary/aromatic N) is 1. The lowest BCUT2D eigenvalue weighted by Crippen LogP contribution is -2.17. The van der Waals surface area contributed by atoms with Crippen LogP contribution in [0.5, 0.6) is 0 Å². The second-order valence-corrected chi connectivity index (χ2v) is 7.73. The number of benzene rings is 2. The van der Waals surface area contributed by atoms with Crippen molar-refractivity contribution in [3.8, 4) is 11.1 Å². The molecule has 1 aliphatic rings. The van der Waals surface area contributed by atoms with Crippen LogP contribution < -0.4 is 0 Å². The molecule has 2 aromatic rings. The highest BCUT2D eigenvalue weighted by Gasteiger charge is 2.21. The molecule has 1 heteroatoms. The van der Waals surface area contributed by atoms with E-state index in [1.54, 1.807) is 22.9 Å². The largest absolute Gasteiger partial charge is 0.255 e. The van der Waals surface area contributed by atoms with Gasteiger partial charge in [-0.1, -0.05) is 87.4 Å². The van der Waals surface area contributed by atoms with Crippen LogP contribution in [-0.2, 0) is 0 Å². The van der Waals surface area contributed by atoms with Crippen LogP contribution in [-0.4, -0.2) is 11.3 Å². The lowest BCUT2D eigenvalue weighted by molar-refractivity contribution is -0.419. The predicted molar refractivity (Wildman–Crippen MR) is 112 cm³/mol. The Bertz CT molecular complexity index is 1050. The Balaban J connectivity index is 2.09. The molecule has 0 saturated heterocycles. The minimum absolute atomic E-state index is 0.316. The third-order valence-corrected chi connectivity index (χ3v) is 4.27. The first kappa shape index (κ1) is 12.8. The lowest BCUT2D eigenvalue weighted by Gasteiger charge is -2.25. The molecule has 1 heterocycles. The fourth-order valence-corrected chi connectivity index (χ4v) is 3.14. The summed E-state index contributed by atoms with van der Waals surface area (Å²) in [6, 6.07) is 13.9. The fraction of sp³-hybridized carbons (Fsp3) is 0.280. The van der Waals surface area contributed by atoms with Crippen molar-refractivity contribution >= 4 is 6.72 Å². The van der Waals surface area contributed by atoms with Gasteiger partial charge in [0.1, 0.15) is 12.2 Å². The molecule has 26 heavy (non-hydrogen) atoms. The van der Waals surface area contributed by atoms with Crippen molar-refractivity contribution in [3.05, 3.63) is 89.1 Å². The maximum atomic E-state index is 8.54. The Morgan fingerprint density at radius 1 is 1.15 bits per heavy atom. The van der Waals surface area contributed by atoms with Crippen LogP contribution in [0.2, 0.25) is 0 Å². The molecule has 3 rings (SSSR count). The van der Waals surface area contributed by atoms with Gasteiger partial charge in [-0.05, 0) is 47.0 Å². The Morgan fingerprint density at radius 2 is 1.88 bits per heavy atom. The highest BCUT2D eigenvalue weighted by molar-refractivity contribution is 5.70. The standard InChI is InChI=1S/C25H29N/c1-18-14-19(2)23(15-22(18)21-10-8-7-9-11-21)24-13-12-20(17-26(24)6)16-25(3,4)5/h7-15,17H,6,16H2,1-5H3/i1D3,16D2. The van der Waals surface area contributed by atoms with Crippen LogP contribution in [0.15, 0.2) is 66.4 Å². The first-order chi connectivity index (χ1) is 14.2. The van der Waals surface area contributed by atoms with Gasteiger partial charge < -0.3 is 0 Å². The van der Waals surface area contributed by atoms with E-state index in [1.807, 2.05) is 70.2 Å². The second-order valence-electron chi connectivity index (χ2n) is 7.73. The van der Waals surface area contributed by atoms with Crippen LogP contribution in [0.4, 0.5) is 0 Å². The van der Waals surface area contributed by atoms with Crippen molar-refractivity contribution in [1.29, 1.82) is 0 Å². The molecular weight excluding hydrogens is 314 g/mol. The van der Waals surface area contributed by atoms with E-state index in [1.165, 1.54) is 0 Å². The number of allylic oxidation sites excluding steroid dienone is 2. The molecule has 1 nitrogen and oxygen atoms in total. The fourth-order valence-electron chi connectivity index (χ4n) is 3.14. The normalized spacial score (nSPS) is 18.5. The van der Waals surface area contributed by atoms with Gasteiger partial charge in [-0.2, -0.15) is 0 Å². The van der Waals surface area contributed by atoms with Crippen LogP contribution in [0.25, 0.3) is 11.1 Å². The first-order valence-corrected chi connectivity index (χ1v) is 8.81. The van der Waals surface area contributed by atoms with Gasteiger partial charge >= 0.3 is 0 Å². The summed E-state index contributed by atoms with van der Waals surface area (Å²) >= 11 is 0. The lowest BCUT2D eigenvalue weighted by atomic mass is 9.86. The summed E-state index contributed by atoms with van der Waals surface area (Å²) in [7, 11) is 0. The van der Waals surface area contributed by atoms with Gasteiger partial charge in [0.2, 0.25) is 0 Å². The molecule has 0 unspecified atom stereocenters. The molecule has 0 fully saturated rings. The quantitative estimate of drug-likeness (QED) is 0.443. The van der Waals surface area contributed by atoms with Crippen molar-refractivity contribution in [3.63, 3.8) is 0 Å². The molecule has 0 radical (unpaired) electrons. The van der Waals surface area contributed by atoms with E-state index in [0.29, 0.717) is 16.7 Å². The summed E-state index contributed by atoms with van der Waals surface area (Å²) in [5, 5.41) is 0. The average Bonchev–Trinajstić information content (AvgIpc) is 2.67. The minimum atomic E-state index is -2.23.